The number of nitrogens with zero attached hydrogens (tertiary/aromatic N) is 3. The Morgan fingerprint density at radius 1 is 0.975 bits per heavy atom. The summed E-state index contributed by atoms with van der Waals surface area (Å²) >= 11 is 0. The van der Waals surface area contributed by atoms with Gasteiger partial charge in [-0.15, -0.1) is 0 Å². The largest absolute Gasteiger partial charge is 0.490 e. The number of carboxylic acids is 1. The summed E-state index contributed by atoms with van der Waals surface area (Å²) in [7, 11) is 0. The third-order valence-electron chi connectivity index (χ3n) is 6.77. The molecule has 3 aliphatic rings. The number of rotatable bonds is 4. The van der Waals surface area contributed by atoms with Gasteiger partial charge in [0.05, 0.1) is 11.1 Å². The predicted molar refractivity (Wildman–Crippen MR) is 133 cm³/mol. The molecule has 0 aliphatic carbocycles. The number of fused-ring (bicyclic) bond motifs is 1. The molecule has 1 unspecified atom stereocenters. The molecular formula is C26H31F3N4O7. The summed E-state index contributed by atoms with van der Waals surface area (Å²) in [4.78, 5) is 76.5. The molecule has 40 heavy (non-hydrogen) atoms. The van der Waals surface area contributed by atoms with Gasteiger partial charge in [0, 0.05) is 38.2 Å². The summed E-state index contributed by atoms with van der Waals surface area (Å²) in [6.45, 7) is 10.5. The lowest BCUT2D eigenvalue weighted by atomic mass is 9.92. The van der Waals surface area contributed by atoms with Crippen LogP contribution in [-0.4, -0.2) is 100 Å². The highest BCUT2D eigenvalue weighted by atomic mass is 19.4. The second-order valence-electron chi connectivity index (χ2n) is 11.0. The Kier molecular flexibility index (Phi) is 9.02. The summed E-state index contributed by atoms with van der Waals surface area (Å²) in [6.07, 6.45) is -3.83. The van der Waals surface area contributed by atoms with Crippen molar-refractivity contribution >= 4 is 35.5 Å². The molecule has 1 aromatic rings. The van der Waals surface area contributed by atoms with Gasteiger partial charge in [0.15, 0.2) is 0 Å². The van der Waals surface area contributed by atoms with E-state index in [1.165, 1.54) is 12.1 Å². The van der Waals surface area contributed by atoms with Crippen LogP contribution in [0, 0.1) is 5.41 Å². The van der Waals surface area contributed by atoms with E-state index in [-0.39, 0.29) is 35.3 Å². The topological polar surface area (TPSA) is 144 Å². The Balaban J connectivity index is 0.000000559. The van der Waals surface area contributed by atoms with E-state index >= 15 is 0 Å². The van der Waals surface area contributed by atoms with Crippen molar-refractivity contribution < 1.29 is 47.0 Å². The minimum atomic E-state index is -5.08. The van der Waals surface area contributed by atoms with Crippen LogP contribution < -0.4 is 5.32 Å². The van der Waals surface area contributed by atoms with E-state index < -0.39 is 41.8 Å². The average Bonchev–Trinajstić information content (AvgIpc) is 3.11. The van der Waals surface area contributed by atoms with Gasteiger partial charge in [0.25, 0.3) is 17.7 Å². The van der Waals surface area contributed by atoms with Crippen LogP contribution in [0.3, 0.4) is 0 Å². The SMILES string of the molecule is CC(C)(C)CCN1CCN(C(=O)c2ccc3c(c2)C(=O)N(C2CCC(=O)NC2=O)C3=O)CC1.O=C(O)C(F)(F)F. The zero-order valence-corrected chi connectivity index (χ0v) is 22.3. The van der Waals surface area contributed by atoms with Crippen molar-refractivity contribution in [3.8, 4) is 0 Å². The molecular weight excluding hydrogens is 537 g/mol. The smallest absolute Gasteiger partial charge is 0.475 e. The van der Waals surface area contributed by atoms with Crippen molar-refractivity contribution in [2.24, 2.45) is 5.41 Å². The molecule has 14 heteroatoms. The monoisotopic (exact) mass is 568 g/mol. The summed E-state index contributed by atoms with van der Waals surface area (Å²) in [5.41, 5.74) is 0.916. The van der Waals surface area contributed by atoms with Gasteiger partial charge in [0.2, 0.25) is 11.8 Å². The lowest BCUT2D eigenvalue weighted by molar-refractivity contribution is -0.192. The van der Waals surface area contributed by atoms with Crippen LogP contribution in [0.4, 0.5) is 13.2 Å². The summed E-state index contributed by atoms with van der Waals surface area (Å²) in [5, 5.41) is 9.30. The first kappa shape index (κ1) is 30.7. The van der Waals surface area contributed by atoms with Crippen LogP contribution in [0.15, 0.2) is 18.2 Å². The van der Waals surface area contributed by atoms with Gasteiger partial charge in [-0.2, -0.15) is 13.2 Å². The minimum Gasteiger partial charge on any atom is -0.475 e. The van der Waals surface area contributed by atoms with Gasteiger partial charge < -0.3 is 10.0 Å². The fraction of sp³-hybridized carbons (Fsp3) is 0.538. The number of halogens is 3. The number of carboxylic acid groups (broad SMARTS) is 1. The molecule has 0 radical (unpaired) electrons. The molecule has 1 atom stereocenters. The molecule has 2 N–H and O–H groups in total. The van der Waals surface area contributed by atoms with E-state index in [0.29, 0.717) is 18.7 Å². The third kappa shape index (κ3) is 7.23. The van der Waals surface area contributed by atoms with Gasteiger partial charge in [-0.1, -0.05) is 20.8 Å². The molecule has 0 aromatic heterocycles. The minimum absolute atomic E-state index is 0.0648. The van der Waals surface area contributed by atoms with E-state index in [9.17, 15) is 37.1 Å². The lowest BCUT2D eigenvalue weighted by Crippen LogP contribution is -2.54. The van der Waals surface area contributed by atoms with Crippen molar-refractivity contribution in [1.82, 2.24) is 20.0 Å². The summed E-state index contributed by atoms with van der Waals surface area (Å²) in [5.74, 6) is -5.18. The fourth-order valence-electron chi connectivity index (χ4n) is 4.45. The number of hydrogen-bond donors (Lipinski definition) is 2. The molecule has 4 rings (SSSR count). The van der Waals surface area contributed by atoms with Crippen LogP contribution in [0.1, 0.15) is 71.1 Å². The van der Waals surface area contributed by atoms with E-state index in [4.69, 9.17) is 9.90 Å². The van der Waals surface area contributed by atoms with Crippen LogP contribution >= 0.6 is 0 Å². The Bertz CT molecular complexity index is 1220. The standard InChI is InChI=1S/C24H30N4O5.C2HF3O2/c1-24(2,3)8-9-26-10-12-27(13-11-26)21(31)15-4-5-16-17(14-15)23(33)28(22(16)32)18-6-7-19(29)25-20(18)30;3-2(4,5)1(6)7/h4-5,14,18H,6-13H2,1-3H3,(H,25,29,30);(H,6,7). The zero-order chi connectivity index (χ0) is 30.0. The van der Waals surface area contributed by atoms with E-state index in [0.717, 1.165) is 31.0 Å². The maximum Gasteiger partial charge on any atom is 0.490 e. The van der Waals surface area contributed by atoms with Crippen molar-refractivity contribution in [3.63, 3.8) is 0 Å². The molecule has 0 bridgehead atoms. The number of piperidine rings is 1. The second kappa shape index (κ2) is 11.7. The zero-order valence-electron chi connectivity index (χ0n) is 22.3. The molecule has 0 spiro atoms. The molecule has 3 heterocycles. The maximum absolute atomic E-state index is 13.1. The molecule has 2 fully saturated rings. The number of nitrogens with one attached hydrogen (secondary N) is 1. The highest BCUT2D eigenvalue weighted by Crippen LogP contribution is 2.29. The molecule has 11 nitrogen and oxygen atoms in total. The van der Waals surface area contributed by atoms with E-state index in [1.807, 2.05) is 0 Å². The van der Waals surface area contributed by atoms with Gasteiger partial charge in [0.1, 0.15) is 6.04 Å². The van der Waals surface area contributed by atoms with E-state index in [2.05, 4.69) is 31.0 Å². The Morgan fingerprint density at radius 3 is 2.08 bits per heavy atom. The van der Waals surface area contributed by atoms with Crippen molar-refractivity contribution in [3.05, 3.63) is 34.9 Å². The Morgan fingerprint density at radius 2 is 1.55 bits per heavy atom. The molecule has 1 aromatic carbocycles. The molecule has 218 valence electrons. The normalized spacial score (nSPS) is 20.1. The average molecular weight is 569 g/mol. The highest BCUT2D eigenvalue weighted by molar-refractivity contribution is 6.24. The fourth-order valence-corrected chi connectivity index (χ4v) is 4.45. The lowest BCUT2D eigenvalue weighted by Gasteiger charge is -2.36. The number of benzene rings is 1. The quantitative estimate of drug-likeness (QED) is 0.525. The second-order valence-corrected chi connectivity index (χ2v) is 11.0. The first-order valence-electron chi connectivity index (χ1n) is 12.7. The number of amides is 5. The third-order valence-corrected chi connectivity index (χ3v) is 6.77. The number of aliphatic carboxylic acids is 1. The van der Waals surface area contributed by atoms with Crippen LogP contribution in [0.5, 0.6) is 0 Å². The van der Waals surface area contributed by atoms with Gasteiger partial charge >= 0.3 is 12.1 Å². The van der Waals surface area contributed by atoms with Crippen molar-refractivity contribution in [2.75, 3.05) is 32.7 Å². The maximum atomic E-state index is 13.1. The van der Waals surface area contributed by atoms with Crippen LogP contribution in [0.25, 0.3) is 0 Å². The Hall–Kier alpha value is -3.81. The number of carbonyl (C=O) groups excluding carboxylic acids is 5. The number of piperazine rings is 1. The van der Waals surface area contributed by atoms with Crippen molar-refractivity contribution in [2.45, 2.75) is 52.3 Å². The molecule has 5 amide bonds. The highest BCUT2D eigenvalue weighted by Gasteiger charge is 2.45. The van der Waals surface area contributed by atoms with Gasteiger partial charge in [-0.3, -0.25) is 39.1 Å². The summed E-state index contributed by atoms with van der Waals surface area (Å²) < 4.78 is 31.7. The molecule has 2 saturated heterocycles. The van der Waals surface area contributed by atoms with Crippen molar-refractivity contribution in [1.29, 1.82) is 0 Å². The number of hydrogen-bond acceptors (Lipinski definition) is 7. The van der Waals surface area contributed by atoms with Crippen LogP contribution in [0.2, 0.25) is 0 Å². The summed E-state index contributed by atoms with van der Waals surface area (Å²) in [6, 6.07) is 3.48. The number of imide groups is 2. The Labute approximate surface area is 228 Å². The van der Waals surface area contributed by atoms with Gasteiger partial charge in [-0.05, 0) is 43.0 Å². The number of alkyl halides is 3. The van der Waals surface area contributed by atoms with Crippen LogP contribution in [-0.2, 0) is 14.4 Å². The van der Waals surface area contributed by atoms with E-state index in [1.54, 1.807) is 11.0 Å². The first-order valence-corrected chi connectivity index (χ1v) is 12.7. The molecule has 3 aliphatic heterocycles. The molecule has 0 saturated carbocycles. The first-order chi connectivity index (χ1) is 18.5. The number of carbonyl (C=O) groups is 6. The predicted octanol–water partition coefficient (Wildman–Crippen LogP) is 1.92. The van der Waals surface area contributed by atoms with Gasteiger partial charge in [-0.25, -0.2) is 4.79 Å².